The van der Waals surface area contributed by atoms with Crippen LogP contribution < -0.4 is 5.73 Å². The van der Waals surface area contributed by atoms with Gasteiger partial charge in [-0.25, -0.2) is 0 Å². The fraction of sp³-hybridized carbons (Fsp3) is 0.889. The molecule has 0 fully saturated rings. The summed E-state index contributed by atoms with van der Waals surface area (Å²) in [6.45, 7) is 4.21. The average molecular weight is 221 g/mol. The highest BCUT2D eigenvalue weighted by Crippen LogP contribution is 2.28. The van der Waals surface area contributed by atoms with Crippen LogP contribution in [-0.4, -0.2) is 39.3 Å². The van der Waals surface area contributed by atoms with Gasteiger partial charge in [0.2, 0.25) is 0 Å². The molecule has 0 radical (unpaired) electrons. The van der Waals surface area contributed by atoms with E-state index in [0.29, 0.717) is 18.6 Å². The Kier molecular flexibility index (Phi) is 6.15. The van der Waals surface area contributed by atoms with Crippen molar-refractivity contribution in [1.29, 1.82) is 0 Å². The first-order valence-corrected chi connectivity index (χ1v) is 5.61. The molecule has 4 nitrogen and oxygen atoms in total. The summed E-state index contributed by atoms with van der Waals surface area (Å²) in [5.74, 6) is -0.244. The summed E-state index contributed by atoms with van der Waals surface area (Å²) in [6, 6.07) is -0.771. The van der Waals surface area contributed by atoms with E-state index in [-0.39, 0.29) is 11.4 Å². The van der Waals surface area contributed by atoms with Gasteiger partial charge in [0, 0.05) is 11.4 Å². The van der Waals surface area contributed by atoms with Gasteiger partial charge in [0.05, 0.1) is 0 Å². The van der Waals surface area contributed by atoms with Gasteiger partial charge in [0.25, 0.3) is 0 Å². The molecule has 0 aliphatic rings. The lowest BCUT2D eigenvalue weighted by Gasteiger charge is -2.23. The van der Waals surface area contributed by atoms with E-state index in [0.717, 1.165) is 0 Å². The van der Waals surface area contributed by atoms with Crippen molar-refractivity contribution < 1.29 is 15.0 Å². The molecule has 0 amide bonds. The standard InChI is InChI=1S/C9H19NO3S/c1-9(2,4-5-11)14-6-3-7(10)8(12)13/h7,11H,3-6,10H2,1-2H3,(H,12,13)/t7-/m0/s1. The maximum atomic E-state index is 10.4. The van der Waals surface area contributed by atoms with E-state index in [1.165, 1.54) is 0 Å². The first-order chi connectivity index (χ1) is 6.39. The van der Waals surface area contributed by atoms with Gasteiger partial charge in [0.1, 0.15) is 6.04 Å². The first-order valence-electron chi connectivity index (χ1n) is 4.62. The molecule has 1 atom stereocenters. The molecular weight excluding hydrogens is 202 g/mol. The Balaban J connectivity index is 3.67. The SMILES string of the molecule is CC(C)(CCO)SCC[C@H](N)C(=O)O. The molecule has 0 rings (SSSR count). The van der Waals surface area contributed by atoms with E-state index in [9.17, 15) is 4.79 Å². The summed E-state index contributed by atoms with van der Waals surface area (Å²) in [7, 11) is 0. The van der Waals surface area contributed by atoms with Crippen molar-refractivity contribution in [3.8, 4) is 0 Å². The Morgan fingerprint density at radius 2 is 2.14 bits per heavy atom. The van der Waals surface area contributed by atoms with Crippen LogP contribution in [0.15, 0.2) is 0 Å². The number of carboxylic acids is 1. The molecule has 0 aromatic rings. The third-order valence-electron chi connectivity index (χ3n) is 1.95. The van der Waals surface area contributed by atoms with Crippen molar-refractivity contribution in [1.82, 2.24) is 0 Å². The minimum Gasteiger partial charge on any atom is -0.480 e. The Morgan fingerprint density at radius 1 is 1.57 bits per heavy atom. The van der Waals surface area contributed by atoms with Crippen molar-refractivity contribution in [2.75, 3.05) is 12.4 Å². The predicted molar refractivity (Wildman–Crippen MR) is 58.5 cm³/mol. The Hall–Kier alpha value is -0.260. The van der Waals surface area contributed by atoms with Gasteiger partial charge in [-0.3, -0.25) is 4.79 Å². The highest BCUT2D eigenvalue weighted by Gasteiger charge is 2.19. The molecule has 0 heterocycles. The smallest absolute Gasteiger partial charge is 0.320 e. The second-order valence-corrected chi connectivity index (χ2v) is 5.62. The van der Waals surface area contributed by atoms with Crippen molar-refractivity contribution in [2.24, 2.45) is 5.73 Å². The second kappa shape index (κ2) is 6.27. The number of carbonyl (C=O) groups is 1. The molecule has 4 N–H and O–H groups in total. The van der Waals surface area contributed by atoms with E-state index >= 15 is 0 Å². The minimum absolute atomic E-state index is 0.00697. The van der Waals surface area contributed by atoms with E-state index < -0.39 is 12.0 Å². The van der Waals surface area contributed by atoms with Crippen molar-refractivity contribution in [2.45, 2.75) is 37.5 Å². The average Bonchev–Trinajstić information content (AvgIpc) is 2.03. The van der Waals surface area contributed by atoms with E-state index in [2.05, 4.69) is 0 Å². The number of hydrogen-bond donors (Lipinski definition) is 3. The first kappa shape index (κ1) is 13.7. The fourth-order valence-electron chi connectivity index (χ4n) is 0.927. The minimum atomic E-state index is -0.953. The molecule has 14 heavy (non-hydrogen) atoms. The highest BCUT2D eigenvalue weighted by atomic mass is 32.2. The number of thioether (sulfide) groups is 1. The lowest BCUT2D eigenvalue weighted by atomic mass is 10.1. The molecule has 0 saturated heterocycles. The summed E-state index contributed by atoms with van der Waals surface area (Å²) < 4.78 is -0.00697. The van der Waals surface area contributed by atoms with Crippen LogP contribution >= 0.6 is 11.8 Å². The number of nitrogens with two attached hydrogens (primary N) is 1. The lowest BCUT2D eigenvalue weighted by Crippen LogP contribution is -2.31. The molecule has 0 aliphatic heterocycles. The summed E-state index contributed by atoms with van der Waals surface area (Å²) in [5, 5.41) is 17.3. The number of aliphatic hydroxyl groups is 1. The maximum absolute atomic E-state index is 10.4. The van der Waals surface area contributed by atoms with Crippen LogP contribution in [0.2, 0.25) is 0 Å². The van der Waals surface area contributed by atoms with Crippen LogP contribution in [0.5, 0.6) is 0 Å². The second-order valence-electron chi connectivity index (χ2n) is 3.82. The zero-order chi connectivity index (χ0) is 11.2. The van der Waals surface area contributed by atoms with Gasteiger partial charge < -0.3 is 15.9 Å². The van der Waals surface area contributed by atoms with Gasteiger partial charge in [-0.05, 0) is 18.6 Å². The third-order valence-corrected chi connectivity index (χ3v) is 3.38. The van der Waals surface area contributed by atoms with E-state index in [4.69, 9.17) is 15.9 Å². The molecular formula is C9H19NO3S. The molecule has 0 unspecified atom stereocenters. The largest absolute Gasteiger partial charge is 0.480 e. The number of rotatable bonds is 7. The van der Waals surface area contributed by atoms with E-state index in [1.54, 1.807) is 11.8 Å². The normalized spacial score (nSPS) is 14.0. The quantitative estimate of drug-likeness (QED) is 0.589. The van der Waals surface area contributed by atoms with Crippen LogP contribution in [0.4, 0.5) is 0 Å². The molecule has 5 heteroatoms. The van der Waals surface area contributed by atoms with Crippen LogP contribution in [0.3, 0.4) is 0 Å². The van der Waals surface area contributed by atoms with Gasteiger partial charge in [0.15, 0.2) is 0 Å². The highest BCUT2D eigenvalue weighted by molar-refractivity contribution is 8.00. The molecule has 0 aromatic heterocycles. The summed E-state index contributed by atoms with van der Waals surface area (Å²) >= 11 is 1.65. The van der Waals surface area contributed by atoms with Crippen LogP contribution in [-0.2, 0) is 4.79 Å². The number of aliphatic hydroxyl groups excluding tert-OH is 1. The zero-order valence-corrected chi connectivity index (χ0v) is 9.51. The van der Waals surface area contributed by atoms with Crippen molar-refractivity contribution in [3.63, 3.8) is 0 Å². The Morgan fingerprint density at radius 3 is 2.57 bits per heavy atom. The van der Waals surface area contributed by atoms with E-state index in [1.807, 2.05) is 13.8 Å². The molecule has 0 spiro atoms. The van der Waals surface area contributed by atoms with Crippen LogP contribution in [0, 0.1) is 0 Å². The number of hydrogen-bond acceptors (Lipinski definition) is 4. The topological polar surface area (TPSA) is 83.5 Å². The van der Waals surface area contributed by atoms with Gasteiger partial charge in [-0.1, -0.05) is 13.8 Å². The zero-order valence-electron chi connectivity index (χ0n) is 8.69. The van der Waals surface area contributed by atoms with Gasteiger partial charge in [-0.15, -0.1) is 0 Å². The summed E-state index contributed by atoms with van der Waals surface area (Å²) in [5.41, 5.74) is 5.36. The number of aliphatic carboxylic acids is 1. The summed E-state index contributed by atoms with van der Waals surface area (Å²) in [6.07, 6.45) is 1.18. The fourth-order valence-corrected chi connectivity index (χ4v) is 2.09. The van der Waals surface area contributed by atoms with Crippen LogP contribution in [0.1, 0.15) is 26.7 Å². The lowest BCUT2D eigenvalue weighted by molar-refractivity contribution is -0.138. The monoisotopic (exact) mass is 221 g/mol. The van der Waals surface area contributed by atoms with Gasteiger partial charge >= 0.3 is 5.97 Å². The van der Waals surface area contributed by atoms with Crippen molar-refractivity contribution >= 4 is 17.7 Å². The molecule has 84 valence electrons. The number of carboxylic acid groups (broad SMARTS) is 1. The molecule has 0 bridgehead atoms. The Labute approximate surface area is 88.9 Å². The third kappa shape index (κ3) is 6.23. The molecule has 0 aliphatic carbocycles. The van der Waals surface area contributed by atoms with Gasteiger partial charge in [-0.2, -0.15) is 11.8 Å². The Bertz CT molecular complexity index is 185. The van der Waals surface area contributed by atoms with Crippen molar-refractivity contribution in [3.05, 3.63) is 0 Å². The maximum Gasteiger partial charge on any atom is 0.320 e. The molecule has 0 aromatic carbocycles. The molecule has 0 saturated carbocycles. The summed E-state index contributed by atoms with van der Waals surface area (Å²) in [4.78, 5) is 10.4. The van der Waals surface area contributed by atoms with Crippen LogP contribution in [0.25, 0.3) is 0 Å². The predicted octanol–water partition coefficient (Wildman–Crippen LogP) is 0.683.